The molecule has 0 amide bonds. The minimum absolute atomic E-state index is 0.165. The van der Waals surface area contributed by atoms with Gasteiger partial charge in [0, 0.05) is 11.6 Å². The van der Waals surface area contributed by atoms with Crippen molar-refractivity contribution in [3.05, 3.63) is 34.4 Å². The molecule has 114 valence electrons. The van der Waals surface area contributed by atoms with E-state index < -0.39 is 0 Å². The van der Waals surface area contributed by atoms with Crippen LogP contribution in [-0.4, -0.2) is 37.6 Å². The van der Waals surface area contributed by atoms with Crippen molar-refractivity contribution in [2.45, 2.75) is 59.0 Å². The molecular formula is C18H32N2. The molecule has 0 fully saturated rings. The van der Waals surface area contributed by atoms with Gasteiger partial charge < -0.3 is 10.2 Å². The number of rotatable bonds is 6. The Labute approximate surface area is 125 Å². The summed E-state index contributed by atoms with van der Waals surface area (Å²) in [7, 11) is 6.45. The van der Waals surface area contributed by atoms with Crippen molar-refractivity contribution in [1.82, 2.24) is 10.2 Å². The van der Waals surface area contributed by atoms with Crippen molar-refractivity contribution in [2.24, 2.45) is 0 Å². The summed E-state index contributed by atoms with van der Waals surface area (Å²) in [6.07, 6.45) is 2.21. The molecule has 2 atom stereocenters. The van der Waals surface area contributed by atoms with Crippen LogP contribution in [0.4, 0.5) is 0 Å². The van der Waals surface area contributed by atoms with Crippen LogP contribution in [0.5, 0.6) is 0 Å². The zero-order chi connectivity index (χ0) is 15.5. The molecule has 1 N–H and O–H groups in total. The van der Waals surface area contributed by atoms with Crippen LogP contribution in [0.2, 0.25) is 0 Å². The third kappa shape index (κ3) is 3.42. The maximum absolute atomic E-state index is 3.55. The predicted molar refractivity (Wildman–Crippen MR) is 89.6 cm³/mol. The molecule has 1 aromatic rings. The smallest absolute Gasteiger partial charge is 0.0328 e. The largest absolute Gasteiger partial charge is 0.315 e. The molecule has 0 aliphatic heterocycles. The summed E-state index contributed by atoms with van der Waals surface area (Å²) < 4.78 is 0. The van der Waals surface area contributed by atoms with Crippen LogP contribution in [0.15, 0.2) is 12.1 Å². The Balaban J connectivity index is 3.12. The minimum Gasteiger partial charge on any atom is -0.315 e. The van der Waals surface area contributed by atoms with Gasteiger partial charge in [0.05, 0.1) is 0 Å². The molecule has 0 heterocycles. The van der Waals surface area contributed by atoms with Crippen molar-refractivity contribution < 1.29 is 0 Å². The van der Waals surface area contributed by atoms with Crippen LogP contribution in [0.3, 0.4) is 0 Å². The highest BCUT2D eigenvalue weighted by atomic mass is 15.2. The number of nitrogens with zero attached hydrogens (tertiary/aromatic N) is 1. The highest BCUT2D eigenvalue weighted by molar-refractivity contribution is 5.38. The zero-order valence-corrected chi connectivity index (χ0v) is 14.6. The lowest BCUT2D eigenvalue weighted by molar-refractivity contribution is 0.116. The Hall–Kier alpha value is -0.860. The fourth-order valence-electron chi connectivity index (χ4n) is 3.24. The molecule has 20 heavy (non-hydrogen) atoms. The third-order valence-electron chi connectivity index (χ3n) is 5.09. The van der Waals surface area contributed by atoms with Crippen molar-refractivity contribution in [2.75, 3.05) is 21.1 Å². The molecule has 2 heteroatoms. The van der Waals surface area contributed by atoms with Crippen LogP contribution in [0.25, 0.3) is 0 Å². The van der Waals surface area contributed by atoms with Crippen LogP contribution in [0, 0.1) is 20.8 Å². The number of benzene rings is 1. The SMILES string of the molecule is CCC(C)(C(Cc1c(C)cc(C)cc1C)NC)N(C)C. The number of aryl methyl sites for hydroxylation is 3. The van der Waals surface area contributed by atoms with Crippen molar-refractivity contribution >= 4 is 0 Å². The first-order chi connectivity index (χ1) is 9.26. The number of hydrogen-bond donors (Lipinski definition) is 1. The Morgan fingerprint density at radius 2 is 1.65 bits per heavy atom. The molecule has 2 unspecified atom stereocenters. The second-order valence-corrected chi connectivity index (χ2v) is 6.53. The summed E-state index contributed by atoms with van der Waals surface area (Å²) >= 11 is 0. The lowest BCUT2D eigenvalue weighted by Gasteiger charge is -2.43. The summed E-state index contributed by atoms with van der Waals surface area (Å²) in [5.74, 6) is 0. The highest BCUT2D eigenvalue weighted by Gasteiger charge is 2.34. The minimum atomic E-state index is 0.165. The van der Waals surface area contributed by atoms with Gasteiger partial charge in [0.15, 0.2) is 0 Å². The molecule has 0 aliphatic rings. The monoisotopic (exact) mass is 276 g/mol. The van der Waals surface area contributed by atoms with Crippen LogP contribution in [0.1, 0.15) is 42.5 Å². The molecule has 0 saturated heterocycles. The van der Waals surface area contributed by atoms with Crippen molar-refractivity contribution in [1.29, 1.82) is 0 Å². The molecule has 0 radical (unpaired) electrons. The average molecular weight is 276 g/mol. The topological polar surface area (TPSA) is 15.3 Å². The Kier molecular flexibility index (Phi) is 5.79. The summed E-state index contributed by atoms with van der Waals surface area (Å²) in [6, 6.07) is 5.05. The Morgan fingerprint density at radius 3 is 2.00 bits per heavy atom. The summed E-state index contributed by atoms with van der Waals surface area (Å²) in [5, 5.41) is 3.55. The molecule has 0 aliphatic carbocycles. The van der Waals surface area contributed by atoms with E-state index in [1.54, 1.807) is 0 Å². The van der Waals surface area contributed by atoms with Crippen LogP contribution < -0.4 is 5.32 Å². The summed E-state index contributed by atoms with van der Waals surface area (Å²) in [4.78, 5) is 2.35. The van der Waals surface area contributed by atoms with Gasteiger partial charge in [0.2, 0.25) is 0 Å². The second-order valence-electron chi connectivity index (χ2n) is 6.53. The summed E-state index contributed by atoms with van der Waals surface area (Å²) in [5.41, 5.74) is 5.85. The molecule has 0 saturated carbocycles. The fraction of sp³-hybridized carbons (Fsp3) is 0.667. The summed E-state index contributed by atoms with van der Waals surface area (Å²) in [6.45, 7) is 11.3. The molecule has 0 spiro atoms. The fourth-order valence-corrected chi connectivity index (χ4v) is 3.24. The van der Waals surface area contributed by atoms with E-state index >= 15 is 0 Å². The van der Waals surface area contributed by atoms with Crippen LogP contribution >= 0.6 is 0 Å². The number of hydrogen-bond acceptors (Lipinski definition) is 2. The van der Waals surface area contributed by atoms with E-state index in [4.69, 9.17) is 0 Å². The van der Waals surface area contributed by atoms with Gasteiger partial charge in [-0.1, -0.05) is 24.6 Å². The second kappa shape index (κ2) is 6.73. The standard InChI is InChI=1S/C18H32N2/c1-9-18(5,20(7)8)17(19-6)12-16-14(3)10-13(2)11-15(16)4/h10-11,17,19H,9,12H2,1-8H3. The average Bonchev–Trinajstić information content (AvgIpc) is 2.36. The quantitative estimate of drug-likeness (QED) is 0.856. The first-order valence-corrected chi connectivity index (χ1v) is 7.67. The first-order valence-electron chi connectivity index (χ1n) is 7.67. The lowest BCUT2D eigenvalue weighted by Crippen LogP contribution is -2.57. The van der Waals surface area contributed by atoms with E-state index in [0.717, 1.165) is 12.8 Å². The van der Waals surface area contributed by atoms with Crippen molar-refractivity contribution in [3.8, 4) is 0 Å². The molecule has 1 rings (SSSR count). The Morgan fingerprint density at radius 1 is 1.15 bits per heavy atom. The van der Waals surface area contributed by atoms with E-state index in [9.17, 15) is 0 Å². The van der Waals surface area contributed by atoms with Gasteiger partial charge in [-0.2, -0.15) is 0 Å². The van der Waals surface area contributed by atoms with Gasteiger partial charge in [-0.05, 0) is 78.4 Å². The van der Waals surface area contributed by atoms with Crippen LogP contribution in [-0.2, 0) is 6.42 Å². The highest BCUT2D eigenvalue weighted by Crippen LogP contribution is 2.26. The lowest BCUT2D eigenvalue weighted by atomic mass is 9.82. The number of likely N-dealkylation sites (N-methyl/N-ethyl adjacent to an activating group) is 2. The molecule has 2 nitrogen and oxygen atoms in total. The maximum Gasteiger partial charge on any atom is 0.0328 e. The van der Waals surface area contributed by atoms with E-state index in [-0.39, 0.29) is 5.54 Å². The van der Waals surface area contributed by atoms with Gasteiger partial charge in [-0.15, -0.1) is 0 Å². The van der Waals surface area contributed by atoms with Gasteiger partial charge in [-0.25, -0.2) is 0 Å². The zero-order valence-electron chi connectivity index (χ0n) is 14.6. The Bertz CT molecular complexity index is 428. The number of nitrogens with one attached hydrogen (secondary N) is 1. The van der Waals surface area contributed by atoms with Crippen molar-refractivity contribution in [3.63, 3.8) is 0 Å². The van der Waals surface area contributed by atoms with E-state index in [1.807, 2.05) is 0 Å². The van der Waals surface area contributed by atoms with E-state index in [1.165, 1.54) is 22.3 Å². The molecule has 1 aromatic carbocycles. The van der Waals surface area contributed by atoms with Gasteiger partial charge >= 0.3 is 0 Å². The normalized spacial score (nSPS) is 16.2. The van der Waals surface area contributed by atoms with Gasteiger partial charge in [-0.3, -0.25) is 0 Å². The van der Waals surface area contributed by atoms with Gasteiger partial charge in [0.25, 0.3) is 0 Å². The van der Waals surface area contributed by atoms with Gasteiger partial charge in [0.1, 0.15) is 0 Å². The third-order valence-corrected chi connectivity index (χ3v) is 5.09. The predicted octanol–water partition coefficient (Wildman–Crippen LogP) is 3.47. The first kappa shape index (κ1) is 17.2. The van der Waals surface area contributed by atoms with E-state index in [0.29, 0.717) is 6.04 Å². The molecule has 0 bridgehead atoms. The molecular weight excluding hydrogens is 244 g/mol. The molecule has 0 aromatic heterocycles. The van der Waals surface area contributed by atoms with E-state index in [2.05, 4.69) is 78.1 Å². The maximum atomic E-state index is 3.55.